The second-order valence-electron chi connectivity index (χ2n) is 2.59. The fourth-order valence-electron chi connectivity index (χ4n) is 1.01. The number of rotatable bonds is 0. The van der Waals surface area contributed by atoms with Gasteiger partial charge in [0.05, 0.1) is 19.6 Å². The summed E-state index contributed by atoms with van der Waals surface area (Å²) >= 11 is 0. The quantitative estimate of drug-likeness (QED) is 0.443. The first kappa shape index (κ1) is 6.12. The molecule has 3 aliphatic rings. The van der Waals surface area contributed by atoms with Crippen molar-refractivity contribution in [2.24, 2.45) is 4.99 Å². The summed E-state index contributed by atoms with van der Waals surface area (Å²) in [6.45, 7) is 5.88. The molecular weight excluding hydrogens is 128 g/mol. The Hall–Kier alpha value is -0.610. The highest BCUT2D eigenvalue weighted by molar-refractivity contribution is 5.56. The second-order valence-corrected chi connectivity index (χ2v) is 2.59. The van der Waals surface area contributed by atoms with Crippen LogP contribution in [0, 0.1) is 0 Å². The van der Waals surface area contributed by atoms with E-state index in [1.54, 1.807) is 6.34 Å². The third-order valence-corrected chi connectivity index (χ3v) is 1.83. The van der Waals surface area contributed by atoms with Gasteiger partial charge < -0.3 is 5.32 Å². The maximum atomic E-state index is 3.85. The van der Waals surface area contributed by atoms with E-state index in [0.29, 0.717) is 0 Å². The fourth-order valence-corrected chi connectivity index (χ4v) is 1.01. The topological polar surface area (TPSA) is 30.4 Å². The van der Waals surface area contributed by atoms with Crippen molar-refractivity contribution in [2.75, 3.05) is 32.8 Å². The average molecular weight is 140 g/mol. The molecule has 0 aromatic carbocycles. The Labute approximate surface area is 60.5 Å². The maximum Gasteiger partial charge on any atom is 0.0825 e. The SMILES string of the molecule is C1=NCCN1.C1CN2CN12. The Balaban J connectivity index is 0.0000000807. The Morgan fingerprint density at radius 2 is 2.10 bits per heavy atom. The monoisotopic (exact) mass is 140 g/mol. The van der Waals surface area contributed by atoms with Crippen LogP contribution >= 0.6 is 0 Å². The van der Waals surface area contributed by atoms with Gasteiger partial charge in [-0.1, -0.05) is 0 Å². The first-order valence-corrected chi connectivity index (χ1v) is 3.68. The van der Waals surface area contributed by atoms with Gasteiger partial charge in [0, 0.05) is 19.6 Å². The van der Waals surface area contributed by atoms with Gasteiger partial charge in [0.2, 0.25) is 0 Å². The molecule has 0 amide bonds. The maximum absolute atomic E-state index is 3.85. The lowest BCUT2D eigenvalue weighted by atomic mass is 10.6. The van der Waals surface area contributed by atoms with Gasteiger partial charge in [0.15, 0.2) is 0 Å². The lowest BCUT2D eigenvalue weighted by Gasteiger charge is -2.10. The molecule has 0 aromatic rings. The van der Waals surface area contributed by atoms with Crippen molar-refractivity contribution in [1.82, 2.24) is 15.3 Å². The number of hydrogen-bond donors (Lipinski definition) is 1. The van der Waals surface area contributed by atoms with Crippen molar-refractivity contribution < 1.29 is 0 Å². The van der Waals surface area contributed by atoms with E-state index < -0.39 is 0 Å². The van der Waals surface area contributed by atoms with Gasteiger partial charge in [0.25, 0.3) is 0 Å². The summed E-state index contributed by atoms with van der Waals surface area (Å²) in [7, 11) is 0. The van der Waals surface area contributed by atoms with Crippen molar-refractivity contribution in [1.29, 1.82) is 0 Å². The average Bonchev–Trinajstić information content (AvgIpc) is 2.43. The lowest BCUT2D eigenvalue weighted by molar-refractivity contribution is 0.197. The van der Waals surface area contributed by atoms with E-state index in [1.165, 1.54) is 19.8 Å². The summed E-state index contributed by atoms with van der Waals surface area (Å²) in [5.74, 6) is 0. The van der Waals surface area contributed by atoms with E-state index in [9.17, 15) is 0 Å². The molecule has 4 nitrogen and oxygen atoms in total. The minimum absolute atomic E-state index is 0.958. The van der Waals surface area contributed by atoms with Crippen molar-refractivity contribution in [2.45, 2.75) is 0 Å². The lowest BCUT2D eigenvalue weighted by Crippen LogP contribution is -2.26. The Kier molecular flexibility index (Phi) is 1.56. The molecule has 10 heavy (non-hydrogen) atoms. The molecule has 3 heterocycles. The number of aliphatic imine (C=N–C) groups is 1. The van der Waals surface area contributed by atoms with Gasteiger partial charge in [0.1, 0.15) is 0 Å². The van der Waals surface area contributed by atoms with Gasteiger partial charge in [-0.2, -0.15) is 0 Å². The van der Waals surface area contributed by atoms with E-state index in [4.69, 9.17) is 0 Å². The highest BCUT2D eigenvalue weighted by Crippen LogP contribution is 2.22. The van der Waals surface area contributed by atoms with Crippen LogP contribution in [0.2, 0.25) is 0 Å². The molecule has 2 unspecified atom stereocenters. The van der Waals surface area contributed by atoms with Gasteiger partial charge in [-0.3, -0.25) is 4.99 Å². The van der Waals surface area contributed by atoms with Gasteiger partial charge >= 0.3 is 0 Å². The number of nitrogens with one attached hydrogen (secondary N) is 1. The van der Waals surface area contributed by atoms with Crippen LogP contribution in [0.3, 0.4) is 0 Å². The molecule has 2 saturated heterocycles. The molecule has 3 aliphatic heterocycles. The summed E-state index contributed by atoms with van der Waals surface area (Å²) in [5, 5.41) is 7.54. The second kappa shape index (κ2) is 2.56. The Bertz CT molecular complexity index is 127. The summed E-state index contributed by atoms with van der Waals surface area (Å²) in [6.07, 6.45) is 1.74. The van der Waals surface area contributed by atoms with Crippen LogP contribution in [-0.2, 0) is 0 Å². The zero-order chi connectivity index (χ0) is 6.81. The molecule has 2 atom stereocenters. The summed E-state index contributed by atoms with van der Waals surface area (Å²) in [6, 6.07) is 0. The highest BCUT2D eigenvalue weighted by atomic mass is 15.9. The first-order valence-electron chi connectivity index (χ1n) is 3.68. The standard InChI is InChI=1S/2C3H6N2/c1-2-5-3-4(1)5;1-2-5-3-4-1/h1-3H2;3H,1-2H2,(H,4,5). The third-order valence-electron chi connectivity index (χ3n) is 1.83. The van der Waals surface area contributed by atoms with Crippen LogP contribution in [0.4, 0.5) is 0 Å². The smallest absolute Gasteiger partial charge is 0.0825 e. The number of fused-ring (bicyclic) bond motifs is 1. The normalized spacial score (nSPS) is 38.4. The van der Waals surface area contributed by atoms with Crippen LogP contribution < -0.4 is 5.32 Å². The van der Waals surface area contributed by atoms with Crippen LogP contribution in [-0.4, -0.2) is 49.2 Å². The molecule has 0 aliphatic carbocycles. The first-order chi connectivity index (χ1) is 4.97. The van der Waals surface area contributed by atoms with E-state index in [1.807, 2.05) is 0 Å². The molecule has 3 rings (SSSR count). The number of hydrogen-bond acceptors (Lipinski definition) is 4. The van der Waals surface area contributed by atoms with Crippen LogP contribution in [0.25, 0.3) is 0 Å². The molecule has 0 aromatic heterocycles. The van der Waals surface area contributed by atoms with Gasteiger partial charge in [-0.15, -0.1) is 0 Å². The summed E-state index contributed by atoms with van der Waals surface area (Å²) in [5.41, 5.74) is 0. The molecule has 56 valence electrons. The minimum Gasteiger partial charge on any atom is -0.375 e. The summed E-state index contributed by atoms with van der Waals surface area (Å²) < 4.78 is 0. The molecule has 0 radical (unpaired) electrons. The Morgan fingerprint density at radius 3 is 2.20 bits per heavy atom. The molecular formula is C6H12N4. The van der Waals surface area contributed by atoms with Crippen molar-refractivity contribution in [3.05, 3.63) is 0 Å². The summed E-state index contributed by atoms with van der Waals surface area (Å²) in [4.78, 5) is 3.85. The van der Waals surface area contributed by atoms with Gasteiger partial charge in [-0.05, 0) is 0 Å². The van der Waals surface area contributed by atoms with E-state index in [0.717, 1.165) is 13.1 Å². The molecule has 0 spiro atoms. The largest absolute Gasteiger partial charge is 0.375 e. The van der Waals surface area contributed by atoms with Crippen molar-refractivity contribution in [3.8, 4) is 0 Å². The third kappa shape index (κ3) is 1.27. The van der Waals surface area contributed by atoms with Gasteiger partial charge in [-0.25, -0.2) is 10.0 Å². The minimum atomic E-state index is 0.958. The fraction of sp³-hybridized carbons (Fsp3) is 0.833. The van der Waals surface area contributed by atoms with Crippen LogP contribution in [0.1, 0.15) is 0 Å². The van der Waals surface area contributed by atoms with Crippen molar-refractivity contribution in [3.63, 3.8) is 0 Å². The molecule has 0 bridgehead atoms. The highest BCUT2D eigenvalue weighted by Gasteiger charge is 2.38. The molecule has 0 saturated carbocycles. The van der Waals surface area contributed by atoms with E-state index >= 15 is 0 Å². The van der Waals surface area contributed by atoms with E-state index in [2.05, 4.69) is 20.3 Å². The predicted octanol–water partition coefficient (Wildman–Crippen LogP) is -0.892. The Morgan fingerprint density at radius 1 is 1.30 bits per heavy atom. The zero-order valence-electron chi connectivity index (χ0n) is 5.95. The van der Waals surface area contributed by atoms with Crippen LogP contribution in [0.15, 0.2) is 4.99 Å². The van der Waals surface area contributed by atoms with Crippen LogP contribution in [0.5, 0.6) is 0 Å². The molecule has 4 heteroatoms. The zero-order valence-corrected chi connectivity index (χ0v) is 5.95. The molecule has 1 N–H and O–H groups in total. The number of nitrogens with zero attached hydrogens (tertiary/aromatic N) is 3. The predicted molar refractivity (Wildman–Crippen MR) is 39.6 cm³/mol. The van der Waals surface area contributed by atoms with Crippen molar-refractivity contribution >= 4 is 6.34 Å². The number of hydrazine groups is 1. The molecule has 2 fully saturated rings. The van der Waals surface area contributed by atoms with E-state index in [-0.39, 0.29) is 0 Å².